The van der Waals surface area contributed by atoms with E-state index in [0.29, 0.717) is 27.8 Å². The van der Waals surface area contributed by atoms with Crippen molar-refractivity contribution in [1.82, 2.24) is 4.90 Å². The average Bonchev–Trinajstić information content (AvgIpc) is 3.31. The third-order valence-electron chi connectivity index (χ3n) is 6.25. The van der Waals surface area contributed by atoms with Crippen molar-refractivity contribution in [2.24, 2.45) is 0 Å². The van der Waals surface area contributed by atoms with Gasteiger partial charge in [-0.05, 0) is 60.0 Å². The second-order valence-electron chi connectivity index (χ2n) is 8.66. The fourth-order valence-electron chi connectivity index (χ4n) is 4.58. The molecule has 0 radical (unpaired) electrons. The van der Waals surface area contributed by atoms with Crippen LogP contribution in [0.5, 0.6) is 5.75 Å². The Hall–Kier alpha value is -3.58. The van der Waals surface area contributed by atoms with Crippen molar-refractivity contribution in [2.45, 2.75) is 25.1 Å². The average molecular weight is 498 g/mol. The molecule has 8 heteroatoms. The maximum absolute atomic E-state index is 14.3. The summed E-state index contributed by atoms with van der Waals surface area (Å²) in [5, 5.41) is 0.208. The van der Waals surface area contributed by atoms with Crippen molar-refractivity contribution in [3.63, 3.8) is 0 Å². The van der Waals surface area contributed by atoms with E-state index >= 15 is 0 Å². The fourth-order valence-corrected chi connectivity index (χ4v) is 4.87. The Labute approximate surface area is 204 Å². The van der Waals surface area contributed by atoms with Gasteiger partial charge in [-0.25, -0.2) is 0 Å². The van der Waals surface area contributed by atoms with Crippen molar-refractivity contribution in [2.75, 3.05) is 6.54 Å². The number of ether oxygens (including phenoxy) is 1. The monoisotopic (exact) mass is 497 g/mol. The first kappa shape index (κ1) is 23.2. The summed E-state index contributed by atoms with van der Waals surface area (Å²) < 4.78 is 48.6. The molecule has 3 aromatic rings. The number of benzene rings is 3. The number of halogens is 4. The van der Waals surface area contributed by atoms with Gasteiger partial charge in [-0.1, -0.05) is 48.0 Å². The van der Waals surface area contributed by atoms with E-state index in [1.807, 2.05) is 0 Å². The molecule has 2 aliphatic heterocycles. The molecule has 0 N–H and O–H groups in total. The zero-order valence-corrected chi connectivity index (χ0v) is 19.3. The lowest BCUT2D eigenvalue weighted by molar-refractivity contribution is -0.248. The Morgan fingerprint density at radius 1 is 1.03 bits per heavy atom. The van der Waals surface area contributed by atoms with E-state index in [9.17, 15) is 22.8 Å². The molecule has 4 nitrogen and oxygen atoms in total. The highest BCUT2D eigenvalue weighted by Gasteiger charge is 2.61. The minimum Gasteiger partial charge on any atom is -0.472 e. The lowest BCUT2D eigenvalue weighted by Gasteiger charge is -2.32. The molecule has 0 spiro atoms. The summed E-state index contributed by atoms with van der Waals surface area (Å²) in [4.78, 5) is 26.1. The van der Waals surface area contributed by atoms with E-state index in [1.54, 1.807) is 61.5 Å². The zero-order valence-electron chi connectivity index (χ0n) is 18.5. The topological polar surface area (TPSA) is 46.6 Å². The molecule has 0 saturated heterocycles. The van der Waals surface area contributed by atoms with Gasteiger partial charge in [-0.15, -0.1) is 0 Å². The molecule has 0 aromatic heterocycles. The maximum atomic E-state index is 14.3. The number of aryl methyl sites for hydroxylation is 1. The number of rotatable bonds is 4. The predicted molar refractivity (Wildman–Crippen MR) is 126 cm³/mol. The van der Waals surface area contributed by atoms with Crippen molar-refractivity contribution in [3.8, 4) is 5.75 Å². The van der Waals surface area contributed by atoms with Crippen LogP contribution in [0.1, 0.15) is 43.0 Å². The van der Waals surface area contributed by atoms with E-state index in [1.165, 1.54) is 18.2 Å². The van der Waals surface area contributed by atoms with Crippen LogP contribution in [0.3, 0.4) is 0 Å². The van der Waals surface area contributed by atoms with Gasteiger partial charge in [-0.3, -0.25) is 14.5 Å². The molecule has 0 saturated carbocycles. The highest BCUT2D eigenvalue weighted by Crippen LogP contribution is 2.51. The summed E-state index contributed by atoms with van der Waals surface area (Å²) in [5.41, 5.74) is -0.220. The molecule has 2 amide bonds. The van der Waals surface area contributed by atoms with E-state index in [4.69, 9.17) is 16.3 Å². The predicted octanol–water partition coefficient (Wildman–Crippen LogP) is 6.35. The number of carbonyl (C=O) groups excluding carboxylic acids is 2. The number of alkyl halides is 3. The number of hydrogen-bond acceptors (Lipinski definition) is 3. The van der Waals surface area contributed by atoms with E-state index < -0.39 is 18.2 Å². The van der Waals surface area contributed by atoms with Gasteiger partial charge in [0.1, 0.15) is 5.75 Å². The van der Waals surface area contributed by atoms with Crippen LogP contribution >= 0.6 is 11.6 Å². The van der Waals surface area contributed by atoms with Crippen molar-refractivity contribution in [1.29, 1.82) is 0 Å². The molecule has 178 valence electrons. The normalized spacial score (nSPS) is 19.3. The minimum atomic E-state index is -4.68. The van der Waals surface area contributed by atoms with Crippen molar-refractivity contribution < 1.29 is 27.5 Å². The van der Waals surface area contributed by atoms with Gasteiger partial charge in [-0.2, -0.15) is 13.2 Å². The van der Waals surface area contributed by atoms with E-state index in [2.05, 4.69) is 0 Å². The molecular weight excluding hydrogens is 479 g/mol. The first-order valence-electron chi connectivity index (χ1n) is 10.9. The molecule has 1 atom stereocenters. The van der Waals surface area contributed by atoms with Crippen LogP contribution in [-0.2, 0) is 12.0 Å². The van der Waals surface area contributed by atoms with Crippen LogP contribution in [0, 0.1) is 6.92 Å². The Kier molecular flexibility index (Phi) is 5.48. The molecule has 2 heterocycles. The van der Waals surface area contributed by atoms with Crippen LogP contribution in [0.4, 0.5) is 13.2 Å². The van der Waals surface area contributed by atoms with Gasteiger partial charge in [0.05, 0.1) is 11.1 Å². The summed E-state index contributed by atoms with van der Waals surface area (Å²) >= 11 is 6.05. The Bertz CT molecular complexity index is 1340. The highest BCUT2D eigenvalue weighted by atomic mass is 35.5. The Morgan fingerprint density at radius 2 is 1.71 bits per heavy atom. The maximum Gasteiger partial charge on any atom is 0.432 e. The molecule has 3 aromatic carbocycles. The molecule has 1 unspecified atom stereocenters. The van der Waals surface area contributed by atoms with Crippen molar-refractivity contribution >= 4 is 29.5 Å². The van der Waals surface area contributed by atoms with Gasteiger partial charge in [0.15, 0.2) is 0 Å². The molecule has 0 fully saturated rings. The van der Waals surface area contributed by atoms with Gasteiger partial charge in [0.2, 0.25) is 5.60 Å². The summed E-state index contributed by atoms with van der Waals surface area (Å²) in [6.07, 6.45) is -1.77. The van der Waals surface area contributed by atoms with Gasteiger partial charge in [0.25, 0.3) is 11.8 Å². The van der Waals surface area contributed by atoms with Crippen LogP contribution in [0.25, 0.3) is 6.08 Å². The fraction of sp³-hybridized carbons (Fsp3) is 0.185. The smallest absolute Gasteiger partial charge is 0.432 e. The third kappa shape index (κ3) is 3.90. The van der Waals surface area contributed by atoms with Gasteiger partial charge < -0.3 is 4.74 Å². The highest BCUT2D eigenvalue weighted by molar-refractivity contribution is 6.30. The van der Waals surface area contributed by atoms with Gasteiger partial charge >= 0.3 is 6.18 Å². The van der Waals surface area contributed by atoms with Gasteiger partial charge in [0, 0.05) is 23.6 Å². The number of imide groups is 1. The molecular formula is C27H19ClF3NO3. The summed E-state index contributed by atoms with van der Waals surface area (Å²) in [6.45, 7) is 1.73. The Morgan fingerprint density at radius 3 is 2.34 bits per heavy atom. The minimum absolute atomic E-state index is 0.0473. The molecule has 35 heavy (non-hydrogen) atoms. The quantitative estimate of drug-likeness (QED) is 0.395. The van der Waals surface area contributed by atoms with Crippen molar-refractivity contribution in [3.05, 3.63) is 105 Å². The van der Waals surface area contributed by atoms with E-state index in [0.717, 1.165) is 4.90 Å². The molecule has 0 aliphatic carbocycles. The zero-order chi connectivity index (χ0) is 25.0. The summed E-state index contributed by atoms with van der Waals surface area (Å²) in [5.74, 6) is -0.591. The lowest BCUT2D eigenvalue weighted by Crippen LogP contribution is -2.46. The number of carbonyl (C=O) groups is 2. The standard InChI is InChI=1S/C27H19ClF3NO3/c1-16-11-19(14-20(28)12-16)26(27(29,30)31)15-18-13-17(8-9-23(18)35-26)5-4-10-32-24(33)21-6-2-3-7-22(21)25(32)34/h2-9,11-14H,10,15H2,1H3. The third-order valence-corrected chi connectivity index (χ3v) is 6.47. The SMILES string of the molecule is Cc1cc(Cl)cc(C2(C(F)(F)F)Cc3cc(C=CCN4C(=O)c5ccccc5C4=O)ccc3O2)c1. The van der Waals surface area contributed by atoms with Crippen LogP contribution < -0.4 is 4.74 Å². The number of amides is 2. The Balaban J connectivity index is 1.38. The lowest BCUT2D eigenvalue weighted by atomic mass is 9.87. The van der Waals surface area contributed by atoms with E-state index in [-0.39, 0.29) is 34.7 Å². The number of hydrogen-bond donors (Lipinski definition) is 0. The number of nitrogens with zero attached hydrogens (tertiary/aromatic N) is 1. The summed E-state index contributed by atoms with van der Waals surface area (Å²) in [7, 11) is 0. The first-order chi connectivity index (χ1) is 16.6. The second kappa shape index (κ2) is 8.27. The first-order valence-corrected chi connectivity index (χ1v) is 11.2. The second-order valence-corrected chi connectivity index (χ2v) is 9.09. The molecule has 2 aliphatic rings. The number of fused-ring (bicyclic) bond motifs is 2. The molecule has 0 bridgehead atoms. The van der Waals surface area contributed by atoms with Crippen LogP contribution in [0.15, 0.2) is 66.7 Å². The van der Waals surface area contributed by atoms with Crippen LogP contribution in [-0.4, -0.2) is 29.4 Å². The largest absolute Gasteiger partial charge is 0.472 e. The summed E-state index contributed by atoms with van der Waals surface area (Å²) in [6, 6.07) is 15.7. The van der Waals surface area contributed by atoms with Crippen LogP contribution in [0.2, 0.25) is 5.02 Å². The molecule has 5 rings (SSSR count).